The lowest BCUT2D eigenvalue weighted by Gasteiger charge is -2.19. The van der Waals surface area contributed by atoms with Crippen LogP contribution in [-0.2, 0) is 27.9 Å². The van der Waals surface area contributed by atoms with Crippen LogP contribution < -0.4 is 9.47 Å². The number of carbonyl (C=O) groups excluding carboxylic acids is 1. The van der Waals surface area contributed by atoms with Gasteiger partial charge in [-0.15, -0.1) is 0 Å². The predicted molar refractivity (Wildman–Crippen MR) is 126 cm³/mol. The number of benzene rings is 3. The first-order valence-electron chi connectivity index (χ1n) is 10.4. The van der Waals surface area contributed by atoms with Crippen LogP contribution in [0.2, 0.25) is 0 Å². The first kappa shape index (κ1) is 24.3. The number of likely N-dealkylation sites (N-methyl/N-ethyl adjacent to an activating group) is 1. The van der Waals surface area contributed by atoms with E-state index in [2.05, 4.69) is 0 Å². The summed E-state index contributed by atoms with van der Waals surface area (Å²) in [6.45, 7) is 0.570. The monoisotopic (exact) mass is 468 g/mol. The van der Waals surface area contributed by atoms with Crippen molar-refractivity contribution in [1.82, 2.24) is 9.21 Å². The molecule has 0 aliphatic carbocycles. The number of hydrogen-bond donors (Lipinski definition) is 0. The lowest BCUT2D eigenvalue weighted by atomic mass is 10.2. The maximum Gasteiger partial charge on any atom is 0.260 e. The Morgan fingerprint density at radius 3 is 1.97 bits per heavy atom. The maximum atomic E-state index is 12.8. The minimum Gasteiger partial charge on any atom is -0.497 e. The zero-order valence-electron chi connectivity index (χ0n) is 19.0. The summed E-state index contributed by atoms with van der Waals surface area (Å²) in [6, 6.07) is 23.0. The van der Waals surface area contributed by atoms with Crippen LogP contribution in [0.25, 0.3) is 0 Å². The molecule has 0 atom stereocenters. The van der Waals surface area contributed by atoms with Gasteiger partial charge >= 0.3 is 0 Å². The molecule has 0 aliphatic rings. The molecule has 0 unspecified atom stereocenters. The summed E-state index contributed by atoms with van der Waals surface area (Å²) in [6.07, 6.45) is 0. The number of amides is 1. The van der Waals surface area contributed by atoms with Crippen LogP contribution >= 0.6 is 0 Å². The van der Waals surface area contributed by atoms with Gasteiger partial charge in [0.15, 0.2) is 6.61 Å². The SMILES string of the molecule is COc1ccc(CN(C)C(=O)COc2ccc(S(=O)(=O)N(C)Cc3ccccc3)cc2)cc1. The van der Waals surface area contributed by atoms with Crippen molar-refractivity contribution in [3.63, 3.8) is 0 Å². The highest BCUT2D eigenvalue weighted by atomic mass is 32.2. The predicted octanol–water partition coefficient (Wildman–Crippen LogP) is 3.55. The lowest BCUT2D eigenvalue weighted by Crippen LogP contribution is -2.31. The van der Waals surface area contributed by atoms with Gasteiger partial charge in [0.05, 0.1) is 12.0 Å². The van der Waals surface area contributed by atoms with Gasteiger partial charge in [0.1, 0.15) is 11.5 Å². The number of rotatable bonds is 10. The Labute approximate surface area is 195 Å². The first-order chi connectivity index (χ1) is 15.8. The van der Waals surface area contributed by atoms with E-state index in [1.807, 2.05) is 54.6 Å². The lowest BCUT2D eigenvalue weighted by molar-refractivity contribution is -0.132. The Bertz CT molecular complexity index is 1150. The number of ether oxygens (including phenoxy) is 2. The molecular weight excluding hydrogens is 440 g/mol. The summed E-state index contributed by atoms with van der Waals surface area (Å²) in [5, 5.41) is 0. The minimum atomic E-state index is -3.64. The van der Waals surface area contributed by atoms with Gasteiger partial charge in [-0.25, -0.2) is 8.42 Å². The molecule has 0 saturated heterocycles. The third-order valence-electron chi connectivity index (χ3n) is 5.15. The van der Waals surface area contributed by atoms with Crippen LogP contribution in [0, 0.1) is 0 Å². The van der Waals surface area contributed by atoms with E-state index in [0.717, 1.165) is 16.9 Å². The van der Waals surface area contributed by atoms with Crippen molar-refractivity contribution in [2.75, 3.05) is 27.8 Å². The van der Waals surface area contributed by atoms with E-state index in [4.69, 9.17) is 9.47 Å². The van der Waals surface area contributed by atoms with Gasteiger partial charge in [0.2, 0.25) is 10.0 Å². The Morgan fingerprint density at radius 1 is 0.788 bits per heavy atom. The van der Waals surface area contributed by atoms with Gasteiger partial charge < -0.3 is 14.4 Å². The van der Waals surface area contributed by atoms with Crippen LogP contribution in [0.15, 0.2) is 83.8 Å². The average Bonchev–Trinajstić information content (AvgIpc) is 2.83. The largest absolute Gasteiger partial charge is 0.497 e. The second-order valence-corrected chi connectivity index (χ2v) is 9.65. The van der Waals surface area contributed by atoms with Crippen molar-refractivity contribution in [3.05, 3.63) is 90.0 Å². The van der Waals surface area contributed by atoms with E-state index in [-0.39, 0.29) is 24.0 Å². The summed E-state index contributed by atoms with van der Waals surface area (Å²) < 4.78 is 37.7. The normalized spacial score (nSPS) is 11.3. The van der Waals surface area contributed by atoms with Gasteiger partial charge in [-0.2, -0.15) is 4.31 Å². The summed E-state index contributed by atoms with van der Waals surface area (Å²) in [4.78, 5) is 14.1. The van der Waals surface area contributed by atoms with Gasteiger partial charge in [0.25, 0.3) is 5.91 Å². The summed E-state index contributed by atoms with van der Waals surface area (Å²) in [5.74, 6) is 0.990. The highest BCUT2D eigenvalue weighted by Gasteiger charge is 2.21. The van der Waals surface area contributed by atoms with Gasteiger partial charge in [0, 0.05) is 27.2 Å². The zero-order valence-corrected chi connectivity index (χ0v) is 19.8. The molecule has 3 aromatic rings. The highest BCUT2D eigenvalue weighted by Crippen LogP contribution is 2.20. The number of hydrogen-bond acceptors (Lipinski definition) is 5. The minimum absolute atomic E-state index is 0.146. The highest BCUT2D eigenvalue weighted by molar-refractivity contribution is 7.89. The van der Waals surface area contributed by atoms with E-state index in [9.17, 15) is 13.2 Å². The molecular formula is C25H28N2O5S. The Hall–Kier alpha value is -3.36. The fourth-order valence-electron chi connectivity index (χ4n) is 3.16. The van der Waals surface area contributed by atoms with Crippen LogP contribution in [0.5, 0.6) is 11.5 Å². The molecule has 174 valence electrons. The molecule has 1 amide bonds. The van der Waals surface area contributed by atoms with E-state index < -0.39 is 10.0 Å². The van der Waals surface area contributed by atoms with Crippen LogP contribution in [-0.4, -0.2) is 51.3 Å². The number of carbonyl (C=O) groups is 1. The second-order valence-electron chi connectivity index (χ2n) is 7.60. The third-order valence-corrected chi connectivity index (χ3v) is 6.96. The van der Waals surface area contributed by atoms with Crippen LogP contribution in [0.3, 0.4) is 0 Å². The summed E-state index contributed by atoms with van der Waals surface area (Å²) in [5.41, 5.74) is 1.88. The van der Waals surface area contributed by atoms with Crippen molar-refractivity contribution in [2.24, 2.45) is 0 Å². The molecule has 0 saturated carbocycles. The van der Waals surface area contributed by atoms with Crippen molar-refractivity contribution in [3.8, 4) is 11.5 Å². The third kappa shape index (κ3) is 6.57. The molecule has 3 aromatic carbocycles. The molecule has 0 N–H and O–H groups in total. The molecule has 0 spiro atoms. The molecule has 33 heavy (non-hydrogen) atoms. The standard InChI is InChI=1S/C25H28N2O5S/c1-26(17-21-9-11-22(31-3)12-10-21)25(28)19-32-23-13-15-24(16-14-23)33(29,30)27(2)18-20-7-5-4-6-8-20/h4-16H,17-19H2,1-3H3. The maximum absolute atomic E-state index is 12.8. The Morgan fingerprint density at radius 2 is 1.36 bits per heavy atom. The first-order valence-corrected chi connectivity index (χ1v) is 11.8. The topological polar surface area (TPSA) is 76.1 Å². The van der Waals surface area contributed by atoms with Crippen molar-refractivity contribution >= 4 is 15.9 Å². The van der Waals surface area contributed by atoms with Gasteiger partial charge in [-0.3, -0.25) is 4.79 Å². The van der Waals surface area contributed by atoms with E-state index in [1.54, 1.807) is 38.2 Å². The molecule has 0 radical (unpaired) electrons. The van der Waals surface area contributed by atoms with E-state index >= 15 is 0 Å². The Kier molecular flexibility index (Phi) is 8.08. The summed E-state index contributed by atoms with van der Waals surface area (Å²) >= 11 is 0. The second kappa shape index (κ2) is 11.0. The number of methoxy groups -OCH3 is 1. The molecule has 0 bridgehead atoms. The van der Waals surface area contributed by atoms with Crippen molar-refractivity contribution < 1.29 is 22.7 Å². The molecule has 0 aromatic heterocycles. The average molecular weight is 469 g/mol. The molecule has 0 fully saturated rings. The molecule has 3 rings (SSSR count). The molecule has 7 nitrogen and oxygen atoms in total. The van der Waals surface area contributed by atoms with Crippen LogP contribution in [0.4, 0.5) is 0 Å². The van der Waals surface area contributed by atoms with Crippen LogP contribution in [0.1, 0.15) is 11.1 Å². The fourth-order valence-corrected chi connectivity index (χ4v) is 4.32. The number of sulfonamides is 1. The van der Waals surface area contributed by atoms with Gasteiger partial charge in [-0.1, -0.05) is 42.5 Å². The quantitative estimate of drug-likeness (QED) is 0.455. The van der Waals surface area contributed by atoms with E-state index in [1.165, 1.54) is 16.4 Å². The molecule has 0 aliphatic heterocycles. The zero-order chi connectivity index (χ0) is 23.8. The summed E-state index contributed by atoms with van der Waals surface area (Å²) in [7, 11) is 1.21. The number of nitrogens with zero attached hydrogens (tertiary/aromatic N) is 2. The fraction of sp³-hybridized carbons (Fsp3) is 0.240. The van der Waals surface area contributed by atoms with E-state index in [0.29, 0.717) is 12.3 Å². The Balaban J connectivity index is 1.54. The van der Waals surface area contributed by atoms with Crippen molar-refractivity contribution in [2.45, 2.75) is 18.0 Å². The smallest absolute Gasteiger partial charge is 0.260 e. The molecule has 8 heteroatoms. The molecule has 0 heterocycles. The van der Waals surface area contributed by atoms with Gasteiger partial charge in [-0.05, 0) is 47.5 Å². The van der Waals surface area contributed by atoms with Crippen molar-refractivity contribution in [1.29, 1.82) is 0 Å².